The zero-order valence-electron chi connectivity index (χ0n) is 12.5. The normalized spacial score (nSPS) is 18.1. The van der Waals surface area contributed by atoms with Crippen LogP contribution in [0.4, 0.5) is 5.82 Å². The Bertz CT molecular complexity index is 500. The van der Waals surface area contributed by atoms with Gasteiger partial charge in [0.05, 0.1) is 12.2 Å². The number of pyridine rings is 1. The molecule has 0 unspecified atom stereocenters. The van der Waals surface area contributed by atoms with E-state index in [0.717, 1.165) is 18.5 Å². The van der Waals surface area contributed by atoms with Gasteiger partial charge in [0.15, 0.2) is 0 Å². The number of aromatic nitrogens is 1. The van der Waals surface area contributed by atoms with Gasteiger partial charge in [-0.1, -0.05) is 13.3 Å². The lowest BCUT2D eigenvalue weighted by atomic mass is 10.1. The molecule has 1 fully saturated rings. The SMILES string of the molecule is CCCc1cc(C(=O)N2CCOC(C)(C)C2)cc(N)n1. The van der Waals surface area contributed by atoms with Gasteiger partial charge in [0.25, 0.3) is 5.91 Å². The fourth-order valence-electron chi connectivity index (χ4n) is 2.49. The lowest BCUT2D eigenvalue weighted by Gasteiger charge is -2.38. The van der Waals surface area contributed by atoms with Gasteiger partial charge in [-0.3, -0.25) is 4.79 Å². The summed E-state index contributed by atoms with van der Waals surface area (Å²) in [6.07, 6.45) is 1.81. The number of carbonyl (C=O) groups is 1. The third-order valence-corrected chi connectivity index (χ3v) is 3.36. The number of anilines is 1. The maximum atomic E-state index is 12.6. The number of rotatable bonds is 3. The van der Waals surface area contributed by atoms with E-state index in [-0.39, 0.29) is 11.5 Å². The van der Waals surface area contributed by atoms with E-state index in [1.807, 2.05) is 24.8 Å². The van der Waals surface area contributed by atoms with Crippen LogP contribution in [0.25, 0.3) is 0 Å². The molecule has 1 amide bonds. The molecule has 110 valence electrons. The molecular formula is C15H23N3O2. The standard InChI is InChI=1S/C15H23N3O2/c1-4-5-12-8-11(9-13(16)17-12)14(19)18-6-7-20-15(2,3)10-18/h8-9H,4-7,10H2,1-3H3,(H2,16,17). The molecule has 0 aliphatic carbocycles. The minimum atomic E-state index is -0.293. The number of carbonyl (C=O) groups excluding carboxylic acids is 1. The molecule has 1 saturated heterocycles. The average Bonchev–Trinajstić information content (AvgIpc) is 2.36. The minimum absolute atomic E-state index is 0.00725. The van der Waals surface area contributed by atoms with Gasteiger partial charge in [-0.25, -0.2) is 4.98 Å². The van der Waals surface area contributed by atoms with E-state index in [1.165, 1.54) is 0 Å². The van der Waals surface area contributed by atoms with E-state index >= 15 is 0 Å². The van der Waals surface area contributed by atoms with Gasteiger partial charge in [-0.05, 0) is 32.4 Å². The molecule has 1 aliphatic heterocycles. The first-order chi connectivity index (χ1) is 9.41. The van der Waals surface area contributed by atoms with Crippen LogP contribution in [0.1, 0.15) is 43.2 Å². The maximum absolute atomic E-state index is 12.6. The Morgan fingerprint density at radius 1 is 1.50 bits per heavy atom. The third-order valence-electron chi connectivity index (χ3n) is 3.36. The Kier molecular flexibility index (Phi) is 4.28. The van der Waals surface area contributed by atoms with E-state index in [9.17, 15) is 4.79 Å². The van der Waals surface area contributed by atoms with Crippen molar-refractivity contribution in [1.29, 1.82) is 0 Å². The van der Waals surface area contributed by atoms with Crippen molar-refractivity contribution in [1.82, 2.24) is 9.88 Å². The summed E-state index contributed by atoms with van der Waals surface area (Å²) in [5.74, 6) is 0.416. The number of nitrogen functional groups attached to an aromatic ring is 1. The Morgan fingerprint density at radius 2 is 2.25 bits per heavy atom. The van der Waals surface area contributed by atoms with Crippen LogP contribution in [0.5, 0.6) is 0 Å². The first-order valence-corrected chi connectivity index (χ1v) is 7.11. The van der Waals surface area contributed by atoms with Crippen molar-refractivity contribution in [3.05, 3.63) is 23.4 Å². The van der Waals surface area contributed by atoms with E-state index < -0.39 is 0 Å². The summed E-state index contributed by atoms with van der Waals surface area (Å²) < 4.78 is 5.64. The first-order valence-electron chi connectivity index (χ1n) is 7.11. The second-order valence-corrected chi connectivity index (χ2v) is 5.86. The van der Waals surface area contributed by atoms with Crippen molar-refractivity contribution in [2.24, 2.45) is 0 Å². The Hall–Kier alpha value is -1.62. The van der Waals surface area contributed by atoms with E-state index in [2.05, 4.69) is 11.9 Å². The fraction of sp³-hybridized carbons (Fsp3) is 0.600. The predicted octanol–water partition coefficient (Wildman–Crippen LogP) is 1.87. The molecule has 1 aliphatic rings. The highest BCUT2D eigenvalue weighted by Gasteiger charge is 2.30. The van der Waals surface area contributed by atoms with E-state index in [4.69, 9.17) is 10.5 Å². The summed E-state index contributed by atoms with van der Waals surface area (Å²) in [5.41, 5.74) is 7.01. The van der Waals surface area contributed by atoms with Gasteiger partial charge in [-0.2, -0.15) is 0 Å². The van der Waals surface area contributed by atoms with Crippen molar-refractivity contribution >= 4 is 11.7 Å². The van der Waals surface area contributed by atoms with Gasteiger partial charge in [-0.15, -0.1) is 0 Å². The van der Waals surface area contributed by atoms with Crippen molar-refractivity contribution in [2.75, 3.05) is 25.4 Å². The molecule has 2 rings (SSSR count). The van der Waals surface area contributed by atoms with Gasteiger partial charge < -0.3 is 15.4 Å². The van der Waals surface area contributed by atoms with Crippen LogP contribution >= 0.6 is 0 Å². The van der Waals surface area contributed by atoms with Crippen LogP contribution in [0.15, 0.2) is 12.1 Å². The second kappa shape index (κ2) is 5.79. The number of morpholine rings is 1. The molecule has 0 radical (unpaired) electrons. The summed E-state index contributed by atoms with van der Waals surface area (Å²) in [6, 6.07) is 3.51. The van der Waals surface area contributed by atoms with Crippen LogP contribution in [-0.2, 0) is 11.2 Å². The lowest BCUT2D eigenvalue weighted by Crippen LogP contribution is -2.50. The largest absolute Gasteiger partial charge is 0.384 e. The highest BCUT2D eigenvalue weighted by molar-refractivity contribution is 5.95. The molecule has 2 N–H and O–H groups in total. The maximum Gasteiger partial charge on any atom is 0.254 e. The number of hydrogen-bond donors (Lipinski definition) is 1. The topological polar surface area (TPSA) is 68.5 Å². The minimum Gasteiger partial charge on any atom is -0.384 e. The number of hydrogen-bond acceptors (Lipinski definition) is 4. The molecule has 5 heteroatoms. The number of nitrogens with zero attached hydrogens (tertiary/aromatic N) is 2. The zero-order chi connectivity index (χ0) is 14.8. The second-order valence-electron chi connectivity index (χ2n) is 5.86. The highest BCUT2D eigenvalue weighted by Crippen LogP contribution is 2.19. The summed E-state index contributed by atoms with van der Waals surface area (Å²) in [4.78, 5) is 18.7. The van der Waals surface area contributed by atoms with Crippen molar-refractivity contribution in [3.63, 3.8) is 0 Å². The van der Waals surface area contributed by atoms with E-state index in [0.29, 0.717) is 31.1 Å². The molecule has 0 bridgehead atoms. The van der Waals surface area contributed by atoms with Gasteiger partial charge >= 0.3 is 0 Å². The van der Waals surface area contributed by atoms with Gasteiger partial charge in [0, 0.05) is 24.3 Å². The zero-order valence-corrected chi connectivity index (χ0v) is 12.5. The van der Waals surface area contributed by atoms with Crippen molar-refractivity contribution in [2.45, 2.75) is 39.2 Å². The van der Waals surface area contributed by atoms with Crippen LogP contribution in [0.3, 0.4) is 0 Å². The lowest BCUT2D eigenvalue weighted by molar-refractivity contribution is -0.0764. The van der Waals surface area contributed by atoms with Crippen LogP contribution in [-0.4, -0.2) is 41.1 Å². The Balaban J connectivity index is 2.20. The summed E-state index contributed by atoms with van der Waals surface area (Å²) in [7, 11) is 0. The van der Waals surface area contributed by atoms with Crippen molar-refractivity contribution in [3.8, 4) is 0 Å². The molecule has 5 nitrogen and oxygen atoms in total. The quantitative estimate of drug-likeness (QED) is 0.915. The molecule has 0 saturated carbocycles. The third kappa shape index (κ3) is 3.48. The molecule has 1 aromatic heterocycles. The molecule has 1 aromatic rings. The number of nitrogens with two attached hydrogens (primary N) is 1. The van der Waals surface area contributed by atoms with Crippen LogP contribution < -0.4 is 5.73 Å². The molecule has 20 heavy (non-hydrogen) atoms. The molecule has 0 aromatic carbocycles. The molecule has 0 spiro atoms. The van der Waals surface area contributed by atoms with Crippen LogP contribution in [0, 0.1) is 0 Å². The summed E-state index contributed by atoms with van der Waals surface area (Å²) in [6.45, 7) is 7.86. The first kappa shape index (κ1) is 14.8. The Labute approximate surface area is 120 Å². The van der Waals surface area contributed by atoms with Crippen LogP contribution in [0.2, 0.25) is 0 Å². The van der Waals surface area contributed by atoms with Crippen molar-refractivity contribution < 1.29 is 9.53 Å². The number of amides is 1. The number of aryl methyl sites for hydroxylation is 1. The monoisotopic (exact) mass is 277 g/mol. The van der Waals surface area contributed by atoms with E-state index in [1.54, 1.807) is 6.07 Å². The summed E-state index contributed by atoms with van der Waals surface area (Å²) in [5, 5.41) is 0. The smallest absolute Gasteiger partial charge is 0.254 e. The van der Waals surface area contributed by atoms with Gasteiger partial charge in [0.2, 0.25) is 0 Å². The Morgan fingerprint density at radius 3 is 2.90 bits per heavy atom. The number of ether oxygens (including phenoxy) is 1. The average molecular weight is 277 g/mol. The predicted molar refractivity (Wildman–Crippen MR) is 78.6 cm³/mol. The highest BCUT2D eigenvalue weighted by atomic mass is 16.5. The molecule has 2 heterocycles. The van der Waals surface area contributed by atoms with Gasteiger partial charge in [0.1, 0.15) is 5.82 Å². The fourth-order valence-corrected chi connectivity index (χ4v) is 2.49. The summed E-state index contributed by atoms with van der Waals surface area (Å²) >= 11 is 0. The molecule has 0 atom stereocenters. The molecular weight excluding hydrogens is 254 g/mol.